The first-order valence-electron chi connectivity index (χ1n) is 7.91. The molecule has 0 saturated carbocycles. The fraction of sp³-hybridized carbons (Fsp3) is 0.176. The number of nitrogens with one attached hydrogen (secondary N) is 2. The van der Waals surface area contributed by atoms with Gasteiger partial charge in [0.15, 0.2) is 0 Å². The Morgan fingerprint density at radius 2 is 1.61 bits per heavy atom. The van der Waals surface area contributed by atoms with Crippen LogP contribution in [0.4, 0.5) is 18.9 Å². The average Bonchev–Trinajstić information content (AvgIpc) is 2.62. The molecule has 0 heterocycles. The van der Waals surface area contributed by atoms with E-state index >= 15 is 0 Å². The van der Waals surface area contributed by atoms with E-state index < -0.39 is 49.2 Å². The number of hydrogen-bond acceptors (Lipinski definition) is 6. The molecule has 0 unspecified atom stereocenters. The molecule has 0 aromatic heterocycles. The molecule has 8 nitrogen and oxygen atoms in total. The van der Waals surface area contributed by atoms with Gasteiger partial charge in [-0.05, 0) is 49.4 Å². The van der Waals surface area contributed by atoms with Gasteiger partial charge in [-0.2, -0.15) is 13.2 Å². The Balaban J connectivity index is 0.00000480. The number of anilines is 1. The van der Waals surface area contributed by atoms with Crippen molar-refractivity contribution in [2.24, 2.45) is 0 Å². The summed E-state index contributed by atoms with van der Waals surface area (Å²) >= 11 is 5.83. The molecule has 0 aliphatic carbocycles. The number of sulfonamides is 1. The van der Waals surface area contributed by atoms with E-state index in [1.165, 1.54) is 24.3 Å². The SMILES string of the molecule is C[C@@](O)(C(=O)Nc1ccc(S(=O)(=O)NC(=O)c2ccc(O)cc2)cc1Cl)C(F)(F)F.Cl. The number of alkyl halides is 3. The van der Waals surface area contributed by atoms with E-state index in [0.29, 0.717) is 0 Å². The van der Waals surface area contributed by atoms with E-state index in [4.69, 9.17) is 11.6 Å². The summed E-state index contributed by atoms with van der Waals surface area (Å²) in [6, 6.07) is 7.28. The number of amides is 2. The van der Waals surface area contributed by atoms with Gasteiger partial charge in [0.1, 0.15) is 5.75 Å². The lowest BCUT2D eigenvalue weighted by molar-refractivity contribution is -0.242. The molecule has 2 aromatic rings. The molecule has 170 valence electrons. The third-order valence-corrected chi connectivity index (χ3v) is 5.49. The summed E-state index contributed by atoms with van der Waals surface area (Å²) in [4.78, 5) is 23.2. The van der Waals surface area contributed by atoms with E-state index in [-0.39, 0.29) is 30.6 Å². The molecule has 2 aromatic carbocycles. The number of hydrogen-bond donors (Lipinski definition) is 4. The summed E-state index contributed by atoms with van der Waals surface area (Å²) in [5.41, 5.74) is -4.17. The number of benzene rings is 2. The highest BCUT2D eigenvalue weighted by atomic mass is 35.5. The normalized spacial score (nSPS) is 13.5. The second-order valence-electron chi connectivity index (χ2n) is 6.15. The fourth-order valence-corrected chi connectivity index (χ4v) is 3.28. The first-order chi connectivity index (χ1) is 13.6. The van der Waals surface area contributed by atoms with Crippen LogP contribution in [0, 0.1) is 0 Å². The number of rotatable bonds is 5. The van der Waals surface area contributed by atoms with Crippen LogP contribution < -0.4 is 10.0 Å². The van der Waals surface area contributed by atoms with Crippen molar-refractivity contribution in [2.75, 3.05) is 5.32 Å². The zero-order valence-electron chi connectivity index (χ0n) is 15.4. The quantitative estimate of drug-likeness (QED) is 0.496. The Labute approximate surface area is 185 Å². The number of halogens is 5. The molecule has 0 aliphatic rings. The number of phenols is 1. The Bertz CT molecular complexity index is 1090. The van der Waals surface area contributed by atoms with Crippen molar-refractivity contribution < 1.29 is 41.4 Å². The molecule has 31 heavy (non-hydrogen) atoms. The molecular formula is C17H15Cl2F3N2O6S. The zero-order chi connectivity index (χ0) is 22.9. The van der Waals surface area contributed by atoms with Crippen molar-refractivity contribution in [1.82, 2.24) is 4.72 Å². The summed E-state index contributed by atoms with van der Waals surface area (Å²) in [5.74, 6) is -2.97. The van der Waals surface area contributed by atoms with Gasteiger partial charge in [-0.3, -0.25) is 9.59 Å². The topological polar surface area (TPSA) is 133 Å². The first kappa shape index (κ1) is 26.5. The highest BCUT2D eigenvalue weighted by molar-refractivity contribution is 7.90. The van der Waals surface area contributed by atoms with Gasteiger partial charge in [-0.1, -0.05) is 11.6 Å². The van der Waals surface area contributed by atoms with Crippen molar-refractivity contribution in [3.8, 4) is 5.75 Å². The minimum absolute atomic E-state index is 0. The van der Waals surface area contributed by atoms with Gasteiger partial charge in [0.05, 0.1) is 15.6 Å². The molecule has 4 N–H and O–H groups in total. The molecule has 2 amide bonds. The number of carbonyl (C=O) groups is 2. The van der Waals surface area contributed by atoms with Gasteiger partial charge in [0, 0.05) is 5.56 Å². The summed E-state index contributed by atoms with van der Waals surface area (Å²) in [7, 11) is -4.43. The van der Waals surface area contributed by atoms with Gasteiger partial charge in [0.25, 0.3) is 21.8 Å². The van der Waals surface area contributed by atoms with E-state index in [9.17, 15) is 41.4 Å². The predicted octanol–water partition coefficient (Wildman–Crippen LogP) is 2.84. The van der Waals surface area contributed by atoms with Crippen LogP contribution >= 0.6 is 24.0 Å². The van der Waals surface area contributed by atoms with Crippen LogP contribution in [0.5, 0.6) is 5.75 Å². The first-order valence-corrected chi connectivity index (χ1v) is 9.77. The summed E-state index contributed by atoms with van der Waals surface area (Å²) in [6.45, 7) is 0.244. The van der Waals surface area contributed by atoms with Gasteiger partial charge in [-0.15, -0.1) is 12.4 Å². The number of aliphatic hydroxyl groups is 1. The lowest BCUT2D eigenvalue weighted by atomic mass is 10.1. The fourth-order valence-electron chi connectivity index (χ4n) is 1.99. The molecule has 2 rings (SSSR count). The molecule has 0 spiro atoms. The molecule has 0 bridgehead atoms. The van der Waals surface area contributed by atoms with Crippen molar-refractivity contribution in [1.29, 1.82) is 0 Å². The monoisotopic (exact) mass is 502 g/mol. The van der Waals surface area contributed by atoms with Crippen LogP contribution in [-0.2, 0) is 14.8 Å². The van der Waals surface area contributed by atoms with Crippen LogP contribution in [0.3, 0.4) is 0 Å². The maximum absolute atomic E-state index is 12.7. The molecular weight excluding hydrogens is 488 g/mol. The Kier molecular flexibility index (Phi) is 7.95. The minimum Gasteiger partial charge on any atom is -0.508 e. The second-order valence-corrected chi connectivity index (χ2v) is 8.24. The van der Waals surface area contributed by atoms with Gasteiger partial charge in [-0.25, -0.2) is 13.1 Å². The molecule has 0 radical (unpaired) electrons. The molecule has 0 fully saturated rings. The Hall–Kier alpha value is -2.54. The summed E-state index contributed by atoms with van der Waals surface area (Å²) in [5, 5.41) is 19.8. The highest BCUT2D eigenvalue weighted by Gasteiger charge is 2.55. The lowest BCUT2D eigenvalue weighted by Crippen LogP contribution is -2.52. The van der Waals surface area contributed by atoms with Crippen LogP contribution in [0.2, 0.25) is 5.02 Å². The maximum Gasteiger partial charge on any atom is 0.426 e. The lowest BCUT2D eigenvalue weighted by Gasteiger charge is -2.25. The van der Waals surface area contributed by atoms with E-state index in [1.807, 2.05) is 0 Å². The smallest absolute Gasteiger partial charge is 0.426 e. The van der Waals surface area contributed by atoms with Crippen LogP contribution in [0.25, 0.3) is 0 Å². The molecule has 14 heteroatoms. The van der Waals surface area contributed by atoms with Gasteiger partial charge < -0.3 is 15.5 Å². The van der Waals surface area contributed by atoms with Crippen molar-refractivity contribution in [3.63, 3.8) is 0 Å². The standard InChI is InChI=1S/C17H14ClF3N2O6S.ClH/c1-16(27,17(19,20)21)15(26)22-13-7-6-11(8-12(13)18)30(28,29)23-14(25)9-2-4-10(24)5-3-9;/h2-8,24,27H,1H3,(H,22,26)(H,23,25);1H/t16-;/m1./s1. The number of carbonyl (C=O) groups excluding carboxylic acids is 2. The van der Waals surface area contributed by atoms with Crippen LogP contribution in [0.15, 0.2) is 47.4 Å². The van der Waals surface area contributed by atoms with Gasteiger partial charge in [0.2, 0.25) is 5.60 Å². The van der Waals surface area contributed by atoms with Crippen LogP contribution in [0.1, 0.15) is 17.3 Å². The molecule has 0 aliphatic heterocycles. The number of phenolic OH excluding ortho intramolecular Hbond substituents is 1. The molecule has 1 atom stereocenters. The summed E-state index contributed by atoms with van der Waals surface area (Å²) in [6.07, 6.45) is -5.26. The van der Waals surface area contributed by atoms with Crippen molar-refractivity contribution in [2.45, 2.75) is 23.6 Å². The summed E-state index contributed by atoms with van der Waals surface area (Å²) < 4.78 is 64.6. The predicted molar refractivity (Wildman–Crippen MR) is 107 cm³/mol. The van der Waals surface area contributed by atoms with E-state index in [2.05, 4.69) is 0 Å². The van der Waals surface area contributed by atoms with Crippen molar-refractivity contribution in [3.05, 3.63) is 53.1 Å². The largest absolute Gasteiger partial charge is 0.508 e. The van der Waals surface area contributed by atoms with Crippen molar-refractivity contribution >= 4 is 51.5 Å². The van der Waals surface area contributed by atoms with Gasteiger partial charge >= 0.3 is 6.18 Å². The average molecular weight is 503 g/mol. The molecule has 0 saturated heterocycles. The Morgan fingerprint density at radius 3 is 2.10 bits per heavy atom. The minimum atomic E-state index is -5.26. The third-order valence-electron chi connectivity index (χ3n) is 3.85. The van der Waals surface area contributed by atoms with Crippen LogP contribution in [-0.4, -0.2) is 42.2 Å². The third kappa shape index (κ3) is 6.00. The Morgan fingerprint density at radius 1 is 1.06 bits per heavy atom. The highest BCUT2D eigenvalue weighted by Crippen LogP contribution is 2.32. The van der Waals surface area contributed by atoms with E-state index in [0.717, 1.165) is 18.2 Å². The zero-order valence-corrected chi connectivity index (χ0v) is 17.8. The maximum atomic E-state index is 12.7. The van der Waals surface area contributed by atoms with E-state index in [1.54, 1.807) is 10.0 Å². The number of aromatic hydroxyl groups is 1. The second kappa shape index (κ2) is 9.30.